The van der Waals surface area contributed by atoms with Gasteiger partial charge in [0.1, 0.15) is 5.82 Å². The molecule has 84 valence electrons. The summed E-state index contributed by atoms with van der Waals surface area (Å²) in [6.45, 7) is 3.97. The normalized spacial score (nSPS) is 10.4. The fourth-order valence-corrected chi connectivity index (χ4v) is 2.33. The lowest BCUT2D eigenvalue weighted by Gasteiger charge is -2.20. The molecular weight excluding hydrogens is 240 g/mol. The quantitative estimate of drug-likeness (QED) is 0.822. The first-order valence-electron chi connectivity index (χ1n) is 5.18. The summed E-state index contributed by atoms with van der Waals surface area (Å²) < 4.78 is 0. The second kappa shape index (κ2) is 5.32. The Bertz CT molecular complexity index is 425. The van der Waals surface area contributed by atoms with Gasteiger partial charge in [0.15, 0.2) is 0 Å². The average molecular weight is 253 g/mol. The van der Waals surface area contributed by atoms with Gasteiger partial charge in [-0.15, -0.1) is 11.3 Å². The summed E-state index contributed by atoms with van der Waals surface area (Å²) in [6.07, 6.45) is 1.69. The molecule has 2 heterocycles. The van der Waals surface area contributed by atoms with E-state index >= 15 is 0 Å². The largest absolute Gasteiger partial charge is 0.352 e. The number of hydrogen-bond acceptors (Lipinski definition) is 3. The SMILES string of the molecule is CCN(Cc1cccs1)c1ccc(Cl)cn1. The smallest absolute Gasteiger partial charge is 0.128 e. The van der Waals surface area contributed by atoms with Crippen LogP contribution in [0.2, 0.25) is 5.02 Å². The summed E-state index contributed by atoms with van der Waals surface area (Å²) >= 11 is 7.59. The Labute approximate surface area is 105 Å². The summed E-state index contributed by atoms with van der Waals surface area (Å²) in [6, 6.07) is 8.05. The van der Waals surface area contributed by atoms with E-state index in [1.165, 1.54) is 4.88 Å². The van der Waals surface area contributed by atoms with Gasteiger partial charge in [0.05, 0.1) is 11.6 Å². The Hall–Kier alpha value is -1.06. The third-order valence-electron chi connectivity index (χ3n) is 2.34. The summed E-state index contributed by atoms with van der Waals surface area (Å²) in [5, 5.41) is 2.77. The number of thiophene rings is 1. The highest BCUT2D eigenvalue weighted by atomic mass is 35.5. The van der Waals surface area contributed by atoms with Gasteiger partial charge in [-0.1, -0.05) is 17.7 Å². The first kappa shape index (κ1) is 11.4. The molecule has 2 aromatic rings. The van der Waals surface area contributed by atoms with E-state index < -0.39 is 0 Å². The van der Waals surface area contributed by atoms with Crippen LogP contribution < -0.4 is 4.90 Å². The molecule has 4 heteroatoms. The van der Waals surface area contributed by atoms with Gasteiger partial charge in [-0.05, 0) is 30.5 Å². The molecule has 0 spiro atoms. The number of rotatable bonds is 4. The molecule has 0 saturated carbocycles. The van der Waals surface area contributed by atoms with Crippen LogP contribution in [0.25, 0.3) is 0 Å². The number of halogens is 1. The Morgan fingerprint density at radius 2 is 2.25 bits per heavy atom. The van der Waals surface area contributed by atoms with Crippen molar-refractivity contribution in [1.82, 2.24) is 4.98 Å². The summed E-state index contributed by atoms with van der Waals surface area (Å²) in [4.78, 5) is 7.90. The second-order valence-electron chi connectivity index (χ2n) is 3.43. The summed E-state index contributed by atoms with van der Waals surface area (Å²) in [5.74, 6) is 0.973. The van der Waals surface area contributed by atoms with Gasteiger partial charge < -0.3 is 4.90 Å². The van der Waals surface area contributed by atoms with Crippen LogP contribution in [0.15, 0.2) is 35.8 Å². The number of anilines is 1. The standard InChI is InChI=1S/C12H13ClN2S/c1-2-15(9-11-4-3-7-16-11)12-6-5-10(13)8-14-12/h3-8H,2,9H2,1H3. The topological polar surface area (TPSA) is 16.1 Å². The van der Waals surface area contributed by atoms with Crippen molar-refractivity contribution < 1.29 is 0 Å². The van der Waals surface area contributed by atoms with Gasteiger partial charge in [-0.3, -0.25) is 0 Å². The fraction of sp³-hybridized carbons (Fsp3) is 0.250. The Balaban J connectivity index is 2.13. The molecule has 0 aliphatic carbocycles. The van der Waals surface area contributed by atoms with Crippen molar-refractivity contribution in [2.45, 2.75) is 13.5 Å². The van der Waals surface area contributed by atoms with Crippen molar-refractivity contribution >= 4 is 28.8 Å². The molecule has 0 unspecified atom stereocenters. The fourth-order valence-electron chi connectivity index (χ4n) is 1.50. The van der Waals surface area contributed by atoms with Gasteiger partial charge in [0, 0.05) is 17.6 Å². The van der Waals surface area contributed by atoms with E-state index in [0.717, 1.165) is 18.9 Å². The predicted molar refractivity (Wildman–Crippen MR) is 70.3 cm³/mol. The van der Waals surface area contributed by atoms with Crippen molar-refractivity contribution in [3.8, 4) is 0 Å². The van der Waals surface area contributed by atoms with E-state index in [2.05, 4.69) is 34.3 Å². The van der Waals surface area contributed by atoms with E-state index in [1.807, 2.05) is 12.1 Å². The molecule has 0 aliphatic rings. The van der Waals surface area contributed by atoms with Crippen LogP contribution in [0, 0.1) is 0 Å². The molecule has 0 bridgehead atoms. The lowest BCUT2D eigenvalue weighted by molar-refractivity contribution is 0.823. The van der Waals surface area contributed by atoms with Crippen molar-refractivity contribution in [1.29, 1.82) is 0 Å². The van der Waals surface area contributed by atoms with Crippen LogP contribution in [0.4, 0.5) is 5.82 Å². The Kier molecular flexibility index (Phi) is 3.80. The van der Waals surface area contributed by atoms with E-state index in [9.17, 15) is 0 Å². The molecule has 0 aromatic carbocycles. The van der Waals surface area contributed by atoms with Crippen LogP contribution in [0.1, 0.15) is 11.8 Å². The number of aromatic nitrogens is 1. The molecule has 2 aromatic heterocycles. The molecule has 0 aliphatic heterocycles. The molecule has 0 N–H and O–H groups in total. The first-order valence-corrected chi connectivity index (χ1v) is 6.44. The van der Waals surface area contributed by atoms with Crippen LogP contribution in [0.3, 0.4) is 0 Å². The maximum Gasteiger partial charge on any atom is 0.128 e. The van der Waals surface area contributed by atoms with Gasteiger partial charge >= 0.3 is 0 Å². The van der Waals surface area contributed by atoms with Crippen LogP contribution in [-0.4, -0.2) is 11.5 Å². The van der Waals surface area contributed by atoms with Crippen LogP contribution in [0.5, 0.6) is 0 Å². The Morgan fingerprint density at radius 3 is 2.81 bits per heavy atom. The predicted octanol–water partition coefficient (Wildman–Crippen LogP) is 3.82. The van der Waals surface area contributed by atoms with E-state index in [4.69, 9.17) is 11.6 Å². The minimum absolute atomic E-state index is 0.677. The summed E-state index contributed by atoms with van der Waals surface area (Å²) in [7, 11) is 0. The number of pyridine rings is 1. The minimum atomic E-state index is 0.677. The van der Waals surface area contributed by atoms with E-state index in [-0.39, 0.29) is 0 Å². The number of nitrogens with zero attached hydrogens (tertiary/aromatic N) is 2. The van der Waals surface area contributed by atoms with Gasteiger partial charge in [-0.2, -0.15) is 0 Å². The third kappa shape index (κ3) is 2.74. The lowest BCUT2D eigenvalue weighted by Crippen LogP contribution is -2.22. The van der Waals surface area contributed by atoms with Gasteiger partial charge in [0.2, 0.25) is 0 Å². The van der Waals surface area contributed by atoms with Crippen molar-refractivity contribution in [2.75, 3.05) is 11.4 Å². The van der Waals surface area contributed by atoms with Crippen molar-refractivity contribution in [3.05, 3.63) is 45.7 Å². The van der Waals surface area contributed by atoms with Gasteiger partial charge in [0.25, 0.3) is 0 Å². The zero-order valence-corrected chi connectivity index (χ0v) is 10.6. The zero-order chi connectivity index (χ0) is 11.4. The molecule has 16 heavy (non-hydrogen) atoms. The van der Waals surface area contributed by atoms with E-state index in [0.29, 0.717) is 5.02 Å². The molecular formula is C12H13ClN2S. The molecule has 2 nitrogen and oxygen atoms in total. The van der Waals surface area contributed by atoms with E-state index in [1.54, 1.807) is 17.5 Å². The monoisotopic (exact) mass is 252 g/mol. The van der Waals surface area contributed by atoms with Gasteiger partial charge in [-0.25, -0.2) is 4.98 Å². The van der Waals surface area contributed by atoms with Crippen molar-refractivity contribution in [3.63, 3.8) is 0 Å². The number of hydrogen-bond donors (Lipinski definition) is 0. The molecule has 0 saturated heterocycles. The maximum absolute atomic E-state index is 5.82. The van der Waals surface area contributed by atoms with Crippen LogP contribution in [-0.2, 0) is 6.54 Å². The lowest BCUT2D eigenvalue weighted by atomic mass is 10.3. The molecule has 2 rings (SSSR count). The third-order valence-corrected chi connectivity index (χ3v) is 3.43. The summed E-state index contributed by atoms with van der Waals surface area (Å²) in [5.41, 5.74) is 0. The highest BCUT2D eigenvalue weighted by Crippen LogP contribution is 2.18. The molecule has 0 atom stereocenters. The average Bonchev–Trinajstić information content (AvgIpc) is 2.80. The van der Waals surface area contributed by atoms with Crippen LogP contribution >= 0.6 is 22.9 Å². The molecule has 0 fully saturated rings. The Morgan fingerprint density at radius 1 is 1.38 bits per heavy atom. The first-order chi connectivity index (χ1) is 7.79. The minimum Gasteiger partial charge on any atom is -0.352 e. The highest BCUT2D eigenvalue weighted by Gasteiger charge is 2.06. The molecule has 0 radical (unpaired) electrons. The van der Waals surface area contributed by atoms with Crippen molar-refractivity contribution in [2.24, 2.45) is 0 Å². The highest BCUT2D eigenvalue weighted by molar-refractivity contribution is 7.09. The molecule has 0 amide bonds. The zero-order valence-electron chi connectivity index (χ0n) is 9.06. The second-order valence-corrected chi connectivity index (χ2v) is 4.90. The maximum atomic E-state index is 5.82.